The molecule has 0 saturated carbocycles. The minimum Gasteiger partial charge on any atom is -0.380 e. The molecule has 1 unspecified atom stereocenters. The van der Waals surface area contributed by atoms with Crippen molar-refractivity contribution in [2.45, 2.75) is 24.3 Å². The van der Waals surface area contributed by atoms with Gasteiger partial charge in [0.05, 0.1) is 10.8 Å². The predicted molar refractivity (Wildman–Crippen MR) is 117 cm³/mol. The summed E-state index contributed by atoms with van der Waals surface area (Å²) in [5.41, 5.74) is 6.22. The number of carbonyl (C=O) groups is 2. The number of piperidine rings is 1. The number of amides is 2. The van der Waals surface area contributed by atoms with Crippen LogP contribution in [0.1, 0.15) is 28.1 Å². The Balaban J connectivity index is 1.92. The van der Waals surface area contributed by atoms with Crippen LogP contribution in [0.5, 0.6) is 0 Å². The van der Waals surface area contributed by atoms with Gasteiger partial charge in [0.1, 0.15) is 0 Å². The number of hydrogen-bond acceptors (Lipinski definition) is 6. The Morgan fingerprint density at radius 2 is 2.07 bits per heavy atom. The van der Waals surface area contributed by atoms with E-state index in [-0.39, 0.29) is 28.8 Å². The van der Waals surface area contributed by atoms with Gasteiger partial charge in [-0.25, -0.2) is 12.7 Å². The van der Waals surface area contributed by atoms with Crippen LogP contribution in [-0.4, -0.2) is 56.6 Å². The Hall–Kier alpha value is -2.43. The summed E-state index contributed by atoms with van der Waals surface area (Å²) in [5.74, 6) is -1.11. The Morgan fingerprint density at radius 1 is 1.30 bits per heavy atom. The quantitative estimate of drug-likeness (QED) is 0.669. The van der Waals surface area contributed by atoms with E-state index < -0.39 is 15.9 Å². The minimum absolute atomic E-state index is 0.0375. The van der Waals surface area contributed by atoms with E-state index >= 15 is 0 Å². The fraction of sp³-hybridized carbons (Fsp3) is 0.400. The Labute approximate surface area is 180 Å². The number of likely N-dealkylation sites (tertiary alicyclic amines) is 1. The zero-order valence-corrected chi connectivity index (χ0v) is 18.6. The molecule has 1 aromatic carbocycles. The molecule has 3 N–H and O–H groups in total. The summed E-state index contributed by atoms with van der Waals surface area (Å²) in [6, 6.07) is 8.49. The number of hydrogen-bond donors (Lipinski definition) is 2. The van der Waals surface area contributed by atoms with Gasteiger partial charge in [0.2, 0.25) is 15.9 Å². The van der Waals surface area contributed by atoms with E-state index in [1.165, 1.54) is 26.2 Å². The number of primary amides is 1. The number of benzene rings is 1. The van der Waals surface area contributed by atoms with Gasteiger partial charge in [-0.1, -0.05) is 6.07 Å². The first-order valence-corrected chi connectivity index (χ1v) is 11.9. The topological polar surface area (TPSA) is 113 Å². The van der Waals surface area contributed by atoms with Crippen LogP contribution in [0.3, 0.4) is 0 Å². The minimum atomic E-state index is -3.73. The van der Waals surface area contributed by atoms with E-state index in [4.69, 9.17) is 5.73 Å². The third kappa shape index (κ3) is 5.00. The third-order valence-electron chi connectivity index (χ3n) is 5.09. The predicted octanol–water partition coefficient (Wildman–Crippen LogP) is 1.95. The number of rotatable bonds is 7. The zero-order valence-electron chi connectivity index (χ0n) is 17.0. The van der Waals surface area contributed by atoms with Crippen molar-refractivity contribution in [3.05, 3.63) is 46.2 Å². The molecule has 0 radical (unpaired) electrons. The summed E-state index contributed by atoms with van der Waals surface area (Å²) < 4.78 is 26.6. The molecular weight excluding hydrogens is 424 g/mol. The molecule has 1 aliphatic heterocycles. The molecule has 1 aromatic heterocycles. The summed E-state index contributed by atoms with van der Waals surface area (Å²) in [6.45, 7) is 1.27. The first-order valence-electron chi connectivity index (χ1n) is 9.61. The molecule has 1 aliphatic rings. The van der Waals surface area contributed by atoms with Crippen LogP contribution in [0, 0.1) is 5.92 Å². The molecule has 8 nitrogen and oxygen atoms in total. The van der Waals surface area contributed by atoms with Crippen LogP contribution in [-0.2, 0) is 21.4 Å². The molecule has 162 valence electrons. The summed E-state index contributed by atoms with van der Waals surface area (Å²) in [7, 11) is -0.833. The van der Waals surface area contributed by atoms with Crippen molar-refractivity contribution in [3.63, 3.8) is 0 Å². The molecule has 1 fully saturated rings. The van der Waals surface area contributed by atoms with Gasteiger partial charge < -0.3 is 16.0 Å². The average molecular weight is 451 g/mol. The van der Waals surface area contributed by atoms with Crippen LogP contribution in [0.25, 0.3) is 0 Å². The molecule has 2 amide bonds. The maximum atomic E-state index is 13.1. The van der Waals surface area contributed by atoms with Crippen LogP contribution in [0.15, 0.2) is 40.6 Å². The molecule has 10 heteroatoms. The van der Waals surface area contributed by atoms with Gasteiger partial charge in [-0.05, 0) is 42.5 Å². The average Bonchev–Trinajstić information content (AvgIpc) is 3.25. The molecule has 0 bridgehead atoms. The molecule has 2 aromatic rings. The van der Waals surface area contributed by atoms with Gasteiger partial charge in [0, 0.05) is 49.9 Å². The monoisotopic (exact) mass is 450 g/mol. The molecule has 3 rings (SSSR count). The van der Waals surface area contributed by atoms with Gasteiger partial charge in [-0.15, -0.1) is 11.3 Å². The van der Waals surface area contributed by atoms with Crippen molar-refractivity contribution < 1.29 is 18.0 Å². The Bertz CT molecular complexity index is 1020. The molecule has 1 atom stereocenters. The summed E-state index contributed by atoms with van der Waals surface area (Å²) >= 11 is 1.59. The van der Waals surface area contributed by atoms with E-state index in [1.807, 2.05) is 17.5 Å². The van der Waals surface area contributed by atoms with Gasteiger partial charge in [0.25, 0.3) is 5.91 Å². The lowest BCUT2D eigenvalue weighted by atomic mass is 9.97. The summed E-state index contributed by atoms with van der Waals surface area (Å²) in [5, 5.41) is 5.17. The summed E-state index contributed by atoms with van der Waals surface area (Å²) in [4.78, 5) is 27.4. The van der Waals surface area contributed by atoms with Crippen molar-refractivity contribution in [1.29, 1.82) is 0 Å². The highest BCUT2D eigenvalue weighted by molar-refractivity contribution is 7.89. The van der Waals surface area contributed by atoms with Crippen LogP contribution in [0.2, 0.25) is 0 Å². The SMILES string of the molecule is CN(C)S(=O)(=O)c1cc(NCc2cccs2)cc(C(=O)N2CCCC(C(N)=O)C2)c1. The first kappa shape index (κ1) is 22.3. The molecule has 0 aliphatic carbocycles. The number of thiophene rings is 1. The highest BCUT2D eigenvalue weighted by Gasteiger charge is 2.29. The van der Waals surface area contributed by atoms with Crippen molar-refractivity contribution in [3.8, 4) is 0 Å². The van der Waals surface area contributed by atoms with E-state index in [1.54, 1.807) is 22.3 Å². The van der Waals surface area contributed by atoms with Crippen molar-refractivity contribution in [2.75, 3.05) is 32.5 Å². The number of carbonyl (C=O) groups excluding carboxylic acids is 2. The number of nitrogens with zero attached hydrogens (tertiary/aromatic N) is 2. The fourth-order valence-electron chi connectivity index (χ4n) is 3.36. The standard InChI is InChI=1S/C20H26N4O4S2/c1-23(2)30(27,28)18-10-15(9-16(11-18)22-12-17-6-4-8-29-17)20(26)24-7-3-5-14(13-24)19(21)25/h4,6,8-11,14,22H,3,5,7,12-13H2,1-2H3,(H2,21,25). The van der Waals surface area contributed by atoms with Crippen molar-refractivity contribution >= 4 is 38.9 Å². The number of nitrogens with two attached hydrogens (primary N) is 1. The molecule has 1 saturated heterocycles. The molecule has 2 heterocycles. The molecule has 0 spiro atoms. The van der Waals surface area contributed by atoms with E-state index in [9.17, 15) is 18.0 Å². The van der Waals surface area contributed by atoms with Crippen molar-refractivity contribution in [2.24, 2.45) is 11.7 Å². The molecule has 30 heavy (non-hydrogen) atoms. The lowest BCUT2D eigenvalue weighted by molar-refractivity contribution is -0.123. The highest BCUT2D eigenvalue weighted by atomic mass is 32.2. The van der Waals surface area contributed by atoms with Gasteiger partial charge in [0.15, 0.2) is 0 Å². The second kappa shape index (κ2) is 9.15. The van der Waals surface area contributed by atoms with E-state index in [0.29, 0.717) is 31.6 Å². The number of anilines is 1. The first-order chi connectivity index (χ1) is 14.2. The van der Waals surface area contributed by atoms with Crippen LogP contribution < -0.4 is 11.1 Å². The van der Waals surface area contributed by atoms with E-state index in [2.05, 4.69) is 5.32 Å². The van der Waals surface area contributed by atoms with Gasteiger partial charge >= 0.3 is 0 Å². The second-order valence-electron chi connectivity index (χ2n) is 7.46. The molecular formula is C20H26N4O4S2. The number of nitrogens with one attached hydrogen (secondary N) is 1. The number of sulfonamides is 1. The fourth-order valence-corrected chi connectivity index (χ4v) is 4.98. The second-order valence-corrected chi connectivity index (χ2v) is 10.6. The van der Waals surface area contributed by atoms with Crippen LogP contribution >= 0.6 is 11.3 Å². The smallest absolute Gasteiger partial charge is 0.253 e. The maximum Gasteiger partial charge on any atom is 0.253 e. The van der Waals surface area contributed by atoms with E-state index in [0.717, 1.165) is 9.18 Å². The normalized spacial score (nSPS) is 17.2. The highest BCUT2D eigenvalue weighted by Crippen LogP contribution is 2.25. The lowest BCUT2D eigenvalue weighted by Gasteiger charge is -2.31. The Morgan fingerprint density at radius 3 is 2.70 bits per heavy atom. The lowest BCUT2D eigenvalue weighted by Crippen LogP contribution is -2.44. The Kier molecular flexibility index (Phi) is 6.79. The van der Waals surface area contributed by atoms with Gasteiger partial charge in [-0.3, -0.25) is 9.59 Å². The largest absolute Gasteiger partial charge is 0.380 e. The van der Waals surface area contributed by atoms with Gasteiger partial charge in [-0.2, -0.15) is 0 Å². The third-order valence-corrected chi connectivity index (χ3v) is 7.76. The maximum absolute atomic E-state index is 13.1. The van der Waals surface area contributed by atoms with Crippen molar-refractivity contribution in [1.82, 2.24) is 9.21 Å². The summed E-state index contributed by atoms with van der Waals surface area (Å²) in [6.07, 6.45) is 1.33. The van der Waals surface area contributed by atoms with Crippen LogP contribution in [0.4, 0.5) is 5.69 Å². The zero-order chi connectivity index (χ0) is 21.9.